The van der Waals surface area contributed by atoms with Crippen LogP contribution in [0.25, 0.3) is 0 Å². The lowest BCUT2D eigenvalue weighted by Gasteiger charge is -2.25. The minimum Gasteiger partial charge on any atom is -0.492 e. The van der Waals surface area contributed by atoms with Crippen molar-refractivity contribution in [2.75, 3.05) is 39.2 Å². The predicted octanol–water partition coefficient (Wildman–Crippen LogP) is 3.21. The van der Waals surface area contributed by atoms with Crippen LogP contribution in [0.4, 0.5) is 5.69 Å². The van der Waals surface area contributed by atoms with Gasteiger partial charge in [-0.3, -0.25) is 4.90 Å². The lowest BCUT2D eigenvalue weighted by Crippen LogP contribution is -2.22. The quantitative estimate of drug-likeness (QED) is 0.841. The lowest BCUT2D eigenvalue weighted by atomic mass is 10.1. The fourth-order valence-electron chi connectivity index (χ4n) is 3.59. The maximum atomic E-state index is 5.66. The molecule has 134 valence electrons. The Balaban J connectivity index is 1.67. The smallest absolute Gasteiger partial charge is 0.119 e. The summed E-state index contributed by atoms with van der Waals surface area (Å²) in [7, 11) is 6.36. The summed E-state index contributed by atoms with van der Waals surface area (Å²) >= 11 is 0. The SMILES string of the molecule is CN(C)c1ccc(CN(C)C2CCc3cc(OCCN)ccc32)cc1. The van der Waals surface area contributed by atoms with Gasteiger partial charge in [-0.1, -0.05) is 18.2 Å². The number of fused-ring (bicyclic) bond motifs is 1. The summed E-state index contributed by atoms with van der Waals surface area (Å²) in [6.45, 7) is 2.09. The third-order valence-corrected chi connectivity index (χ3v) is 4.96. The second-order valence-electron chi connectivity index (χ2n) is 7.03. The van der Waals surface area contributed by atoms with Crippen molar-refractivity contribution in [2.24, 2.45) is 5.73 Å². The van der Waals surface area contributed by atoms with E-state index < -0.39 is 0 Å². The van der Waals surface area contributed by atoms with Gasteiger partial charge in [0, 0.05) is 38.9 Å². The summed E-state index contributed by atoms with van der Waals surface area (Å²) < 4.78 is 5.66. The van der Waals surface area contributed by atoms with Gasteiger partial charge in [-0.15, -0.1) is 0 Å². The molecule has 4 heteroatoms. The van der Waals surface area contributed by atoms with Crippen molar-refractivity contribution >= 4 is 5.69 Å². The first-order chi connectivity index (χ1) is 12.1. The molecule has 0 saturated carbocycles. The molecule has 0 heterocycles. The number of nitrogens with zero attached hydrogens (tertiary/aromatic N) is 2. The zero-order chi connectivity index (χ0) is 17.8. The Labute approximate surface area is 151 Å². The highest BCUT2D eigenvalue weighted by Crippen LogP contribution is 2.37. The van der Waals surface area contributed by atoms with E-state index in [1.54, 1.807) is 0 Å². The van der Waals surface area contributed by atoms with Crippen LogP contribution in [0.3, 0.4) is 0 Å². The molecule has 4 nitrogen and oxygen atoms in total. The van der Waals surface area contributed by atoms with Gasteiger partial charge in [0.25, 0.3) is 0 Å². The molecule has 0 saturated heterocycles. The van der Waals surface area contributed by atoms with Crippen LogP contribution < -0.4 is 15.4 Å². The minimum atomic E-state index is 0.479. The Hall–Kier alpha value is -2.04. The van der Waals surface area contributed by atoms with Crippen molar-refractivity contribution in [1.82, 2.24) is 4.90 Å². The molecule has 2 aromatic rings. The molecule has 2 N–H and O–H groups in total. The molecule has 0 fully saturated rings. The molecule has 2 aromatic carbocycles. The van der Waals surface area contributed by atoms with Crippen molar-refractivity contribution in [3.63, 3.8) is 0 Å². The molecule has 0 bridgehead atoms. The molecule has 25 heavy (non-hydrogen) atoms. The highest BCUT2D eigenvalue weighted by atomic mass is 16.5. The van der Waals surface area contributed by atoms with E-state index in [4.69, 9.17) is 10.5 Å². The van der Waals surface area contributed by atoms with Gasteiger partial charge in [-0.2, -0.15) is 0 Å². The fourth-order valence-corrected chi connectivity index (χ4v) is 3.59. The number of ether oxygens (including phenoxy) is 1. The van der Waals surface area contributed by atoms with Gasteiger partial charge in [0.1, 0.15) is 12.4 Å². The number of hydrogen-bond acceptors (Lipinski definition) is 4. The monoisotopic (exact) mass is 339 g/mol. The molecule has 1 unspecified atom stereocenters. The normalized spacial score (nSPS) is 16.1. The summed E-state index contributed by atoms with van der Waals surface area (Å²) in [6, 6.07) is 15.8. The van der Waals surface area contributed by atoms with Crippen LogP contribution in [-0.4, -0.2) is 39.2 Å². The zero-order valence-electron chi connectivity index (χ0n) is 15.5. The minimum absolute atomic E-state index is 0.479. The Morgan fingerprint density at radius 1 is 1.08 bits per heavy atom. The first-order valence-electron chi connectivity index (χ1n) is 9.00. The maximum Gasteiger partial charge on any atom is 0.119 e. The van der Waals surface area contributed by atoms with Crippen molar-refractivity contribution in [3.8, 4) is 5.75 Å². The predicted molar refractivity (Wildman–Crippen MR) is 104 cm³/mol. The average Bonchev–Trinajstić information content (AvgIpc) is 3.03. The van der Waals surface area contributed by atoms with Crippen LogP contribution >= 0.6 is 0 Å². The van der Waals surface area contributed by atoms with Crippen LogP contribution in [0, 0.1) is 0 Å². The Kier molecular flexibility index (Phi) is 5.61. The number of aryl methyl sites for hydroxylation is 1. The number of anilines is 1. The van der Waals surface area contributed by atoms with Crippen LogP contribution in [-0.2, 0) is 13.0 Å². The van der Waals surface area contributed by atoms with Crippen LogP contribution in [0.1, 0.15) is 29.2 Å². The molecule has 1 atom stereocenters. The van der Waals surface area contributed by atoms with Gasteiger partial charge in [0.05, 0.1) is 0 Å². The molecule has 1 aliphatic carbocycles. The number of nitrogens with two attached hydrogens (primary N) is 1. The molecule has 0 amide bonds. The first kappa shape index (κ1) is 17.8. The first-order valence-corrected chi connectivity index (χ1v) is 9.00. The summed E-state index contributed by atoms with van der Waals surface area (Å²) in [6.07, 6.45) is 2.28. The summed E-state index contributed by atoms with van der Waals surface area (Å²) in [5.41, 5.74) is 11.0. The van der Waals surface area contributed by atoms with Gasteiger partial charge in [0.15, 0.2) is 0 Å². The zero-order valence-corrected chi connectivity index (χ0v) is 15.5. The Morgan fingerprint density at radius 3 is 2.52 bits per heavy atom. The second-order valence-corrected chi connectivity index (χ2v) is 7.03. The van der Waals surface area contributed by atoms with Crippen molar-refractivity contribution in [1.29, 1.82) is 0 Å². The van der Waals surface area contributed by atoms with E-state index in [2.05, 4.69) is 73.4 Å². The molecule has 0 spiro atoms. The highest BCUT2D eigenvalue weighted by molar-refractivity contribution is 5.46. The van der Waals surface area contributed by atoms with Gasteiger partial charge < -0.3 is 15.4 Å². The molecule has 0 aliphatic heterocycles. The van der Waals surface area contributed by atoms with E-state index in [-0.39, 0.29) is 0 Å². The van der Waals surface area contributed by atoms with Crippen molar-refractivity contribution in [2.45, 2.75) is 25.4 Å². The van der Waals surface area contributed by atoms with Gasteiger partial charge >= 0.3 is 0 Å². The Bertz CT molecular complexity index is 697. The molecule has 0 aromatic heterocycles. The van der Waals surface area contributed by atoms with Crippen LogP contribution in [0.5, 0.6) is 5.75 Å². The number of rotatable bonds is 7. The largest absolute Gasteiger partial charge is 0.492 e. The third-order valence-electron chi connectivity index (χ3n) is 4.96. The molecule has 1 aliphatic rings. The van der Waals surface area contributed by atoms with E-state index in [0.29, 0.717) is 19.2 Å². The molecule has 3 rings (SSSR count). The fraction of sp³-hybridized carbons (Fsp3) is 0.429. The maximum absolute atomic E-state index is 5.66. The van der Waals surface area contributed by atoms with Crippen LogP contribution in [0.2, 0.25) is 0 Å². The van der Waals surface area contributed by atoms with Gasteiger partial charge in [-0.25, -0.2) is 0 Å². The number of hydrogen-bond donors (Lipinski definition) is 1. The van der Waals surface area contributed by atoms with Crippen molar-refractivity contribution < 1.29 is 4.74 Å². The van der Waals surface area contributed by atoms with Gasteiger partial charge in [0.2, 0.25) is 0 Å². The summed E-state index contributed by atoms with van der Waals surface area (Å²) in [5.74, 6) is 0.937. The summed E-state index contributed by atoms with van der Waals surface area (Å²) in [4.78, 5) is 4.59. The second kappa shape index (κ2) is 7.89. The highest BCUT2D eigenvalue weighted by Gasteiger charge is 2.26. The molecular formula is C21H29N3O. The third kappa shape index (κ3) is 4.14. The van der Waals surface area contributed by atoms with E-state index in [0.717, 1.165) is 18.7 Å². The number of benzene rings is 2. The topological polar surface area (TPSA) is 41.7 Å². The summed E-state index contributed by atoms with van der Waals surface area (Å²) in [5, 5.41) is 0. The average molecular weight is 339 g/mol. The Morgan fingerprint density at radius 2 is 1.84 bits per heavy atom. The lowest BCUT2D eigenvalue weighted by molar-refractivity contribution is 0.236. The van der Waals surface area contributed by atoms with E-state index in [1.165, 1.54) is 28.8 Å². The van der Waals surface area contributed by atoms with E-state index in [1.807, 2.05) is 0 Å². The van der Waals surface area contributed by atoms with Crippen molar-refractivity contribution in [3.05, 3.63) is 59.2 Å². The van der Waals surface area contributed by atoms with E-state index in [9.17, 15) is 0 Å². The van der Waals surface area contributed by atoms with Gasteiger partial charge in [-0.05, 0) is 60.8 Å². The molecular weight excluding hydrogens is 310 g/mol. The van der Waals surface area contributed by atoms with E-state index >= 15 is 0 Å². The van der Waals surface area contributed by atoms with Crippen LogP contribution in [0.15, 0.2) is 42.5 Å². The molecule has 0 radical (unpaired) electrons. The standard InChI is InChI=1S/C21H29N3O/c1-23(2)18-7-4-16(5-8-18)15-24(3)21-11-6-17-14-19(25-13-12-22)9-10-20(17)21/h4-5,7-10,14,21H,6,11-13,15,22H2,1-3H3.